The Morgan fingerprint density at radius 1 is 1.30 bits per heavy atom. The number of carbonyl (C=O) groups excluding carboxylic acids is 2. The molecule has 1 saturated heterocycles. The van der Waals surface area contributed by atoms with Crippen molar-refractivity contribution in [1.29, 1.82) is 0 Å². The van der Waals surface area contributed by atoms with E-state index in [2.05, 4.69) is 14.2 Å². The summed E-state index contributed by atoms with van der Waals surface area (Å²) in [5.74, 6) is -2.51. The van der Waals surface area contributed by atoms with Gasteiger partial charge in [0, 0.05) is 24.7 Å². The molecule has 200 valence electrons. The number of aliphatic hydroxyl groups is 1. The van der Waals surface area contributed by atoms with Crippen LogP contribution in [0.15, 0.2) is 35.1 Å². The first-order chi connectivity index (χ1) is 17.5. The highest BCUT2D eigenvalue weighted by molar-refractivity contribution is 7.46. The second kappa shape index (κ2) is 10.9. The number of halogens is 2. The average molecular weight is 545 g/mol. The number of hydrogen-bond donors (Lipinski definition) is 3. The molecule has 1 fully saturated rings. The number of phosphoric ester groups is 1. The van der Waals surface area contributed by atoms with Crippen LogP contribution in [0.3, 0.4) is 0 Å². The molecule has 0 radical (unpaired) electrons. The number of aliphatic hydroxyl groups excluding tert-OH is 1. The second-order valence-corrected chi connectivity index (χ2v) is 9.35. The minimum Gasteiger partial charge on any atom is -0.471 e. The smallest absolute Gasteiger partial charge is 0.469 e. The highest BCUT2D eigenvalue weighted by atomic mass is 31.2. The molecule has 2 aromatic rings. The van der Waals surface area contributed by atoms with Gasteiger partial charge in [-0.1, -0.05) is 6.08 Å². The Bertz CT molecular complexity index is 1210. The molecule has 1 aromatic carbocycles. The van der Waals surface area contributed by atoms with Crippen LogP contribution >= 0.6 is 7.82 Å². The molecule has 3 heterocycles. The van der Waals surface area contributed by atoms with Gasteiger partial charge in [0.2, 0.25) is 0 Å². The van der Waals surface area contributed by atoms with E-state index >= 15 is 0 Å². The molecule has 0 spiro atoms. The van der Waals surface area contributed by atoms with E-state index in [1.807, 2.05) is 0 Å². The van der Waals surface area contributed by atoms with Gasteiger partial charge in [0.25, 0.3) is 11.8 Å². The Morgan fingerprint density at radius 3 is 2.62 bits per heavy atom. The number of aromatic nitrogens is 1. The number of benzene rings is 1. The third-order valence-corrected chi connectivity index (χ3v) is 6.06. The summed E-state index contributed by atoms with van der Waals surface area (Å²) in [6.07, 6.45) is -0.574. The SMILES string of the molecule is O=C([C@@H](O)COP(=O)(O)O)N1CC=C(c2c(F)cc(N3C[C@H](COc4ccon4)OC3=O)cc2F)CC1. The summed E-state index contributed by atoms with van der Waals surface area (Å²) < 4.78 is 60.0. The lowest BCUT2D eigenvalue weighted by Crippen LogP contribution is -2.43. The molecule has 16 heteroatoms. The van der Waals surface area contributed by atoms with Crippen LogP contribution < -0.4 is 9.64 Å². The molecule has 2 amide bonds. The number of hydrogen-bond acceptors (Lipinski definition) is 9. The van der Waals surface area contributed by atoms with Gasteiger partial charge in [0.15, 0.2) is 12.2 Å². The average Bonchev–Trinajstić information content (AvgIpc) is 3.49. The zero-order valence-corrected chi connectivity index (χ0v) is 19.9. The normalized spacial score (nSPS) is 19.0. The molecule has 0 aliphatic carbocycles. The molecule has 3 N–H and O–H groups in total. The number of phosphoric acid groups is 1. The van der Waals surface area contributed by atoms with Crippen LogP contribution in [0.1, 0.15) is 12.0 Å². The monoisotopic (exact) mass is 545 g/mol. The molecule has 4 rings (SSSR count). The summed E-state index contributed by atoms with van der Waals surface area (Å²) in [5.41, 5.74) is -0.0942. The molecule has 0 saturated carbocycles. The predicted molar refractivity (Wildman–Crippen MR) is 119 cm³/mol. The molecular formula is C21H22F2N3O10P. The van der Waals surface area contributed by atoms with Gasteiger partial charge in [-0.2, -0.15) is 0 Å². The van der Waals surface area contributed by atoms with E-state index in [4.69, 9.17) is 19.3 Å². The number of carbonyl (C=O) groups is 2. The number of ether oxygens (including phenoxy) is 2. The zero-order valence-electron chi connectivity index (χ0n) is 19.0. The Balaban J connectivity index is 1.39. The summed E-state index contributed by atoms with van der Waals surface area (Å²) in [6, 6.07) is 3.47. The molecule has 13 nitrogen and oxygen atoms in total. The van der Waals surface area contributed by atoms with E-state index < -0.39 is 50.3 Å². The molecular weight excluding hydrogens is 523 g/mol. The Morgan fingerprint density at radius 2 is 2.03 bits per heavy atom. The Kier molecular flexibility index (Phi) is 7.90. The van der Waals surface area contributed by atoms with Crippen LogP contribution in [0, 0.1) is 11.6 Å². The van der Waals surface area contributed by atoms with Gasteiger partial charge in [0.1, 0.15) is 24.5 Å². The van der Waals surface area contributed by atoms with Gasteiger partial charge in [-0.3, -0.25) is 14.2 Å². The fourth-order valence-electron chi connectivity index (χ4n) is 3.84. The fraction of sp³-hybridized carbons (Fsp3) is 0.381. The van der Waals surface area contributed by atoms with Crippen LogP contribution in [-0.4, -0.2) is 82.0 Å². The van der Waals surface area contributed by atoms with Crippen molar-refractivity contribution in [3.05, 3.63) is 47.7 Å². The Labute approximate surface area is 208 Å². The van der Waals surface area contributed by atoms with Crippen LogP contribution in [0.25, 0.3) is 5.57 Å². The predicted octanol–water partition coefficient (Wildman–Crippen LogP) is 1.44. The Hall–Kier alpha value is -3.36. The van der Waals surface area contributed by atoms with Gasteiger partial charge in [-0.25, -0.2) is 18.1 Å². The maximum absolute atomic E-state index is 15.0. The molecule has 0 unspecified atom stereocenters. The molecule has 2 aliphatic heterocycles. The van der Waals surface area contributed by atoms with Crippen molar-refractivity contribution in [2.75, 3.05) is 37.7 Å². The summed E-state index contributed by atoms with van der Waals surface area (Å²) >= 11 is 0. The maximum Gasteiger partial charge on any atom is 0.469 e. The van der Waals surface area contributed by atoms with Crippen LogP contribution in [0.4, 0.5) is 19.3 Å². The number of rotatable bonds is 9. The largest absolute Gasteiger partial charge is 0.471 e. The first kappa shape index (κ1) is 26.7. The van der Waals surface area contributed by atoms with Gasteiger partial charge < -0.3 is 33.8 Å². The van der Waals surface area contributed by atoms with Crippen molar-refractivity contribution >= 4 is 31.1 Å². The van der Waals surface area contributed by atoms with Crippen LogP contribution in [0.5, 0.6) is 5.88 Å². The maximum atomic E-state index is 15.0. The van der Waals surface area contributed by atoms with E-state index in [-0.39, 0.29) is 55.4 Å². The van der Waals surface area contributed by atoms with Gasteiger partial charge in [-0.15, -0.1) is 0 Å². The number of cyclic esters (lactones) is 1. The van der Waals surface area contributed by atoms with Crippen molar-refractivity contribution in [3.63, 3.8) is 0 Å². The minimum atomic E-state index is -4.86. The van der Waals surface area contributed by atoms with Gasteiger partial charge in [-0.05, 0) is 29.3 Å². The number of amides is 2. The standard InChI is InChI=1S/C21H22F2N3O10P/c22-15-7-13(26-9-14(36-21(26)29)10-33-18-3-6-34-24-18)8-16(23)19(15)12-1-4-25(5-2-12)20(28)17(27)11-35-37(30,31)32/h1,3,6-8,14,17,27H,2,4-5,9-11H2,(H2,30,31,32)/t14-,17+/m1/s1. The quantitative estimate of drug-likeness (QED) is 0.389. The molecule has 37 heavy (non-hydrogen) atoms. The van der Waals surface area contributed by atoms with Crippen molar-refractivity contribution in [1.82, 2.24) is 10.1 Å². The third-order valence-electron chi connectivity index (χ3n) is 5.57. The number of nitrogens with zero attached hydrogens (tertiary/aromatic N) is 3. The fourth-order valence-corrected chi connectivity index (χ4v) is 4.18. The van der Waals surface area contributed by atoms with Crippen molar-refractivity contribution in [2.45, 2.75) is 18.6 Å². The van der Waals surface area contributed by atoms with Gasteiger partial charge in [0.05, 0.1) is 18.8 Å². The molecule has 1 aromatic heterocycles. The zero-order chi connectivity index (χ0) is 26.7. The third kappa shape index (κ3) is 6.50. The van der Waals surface area contributed by atoms with E-state index in [1.165, 1.54) is 18.4 Å². The van der Waals surface area contributed by atoms with Gasteiger partial charge >= 0.3 is 13.9 Å². The number of anilines is 1. The molecule has 2 aliphatic rings. The lowest BCUT2D eigenvalue weighted by atomic mass is 9.97. The van der Waals surface area contributed by atoms with E-state index in [1.54, 1.807) is 0 Å². The summed E-state index contributed by atoms with van der Waals surface area (Å²) in [5, 5.41) is 13.4. The first-order valence-corrected chi connectivity index (χ1v) is 12.4. The lowest BCUT2D eigenvalue weighted by Gasteiger charge is -2.28. The van der Waals surface area contributed by atoms with Crippen LogP contribution in [0.2, 0.25) is 0 Å². The van der Waals surface area contributed by atoms with Crippen molar-refractivity contribution in [3.8, 4) is 5.88 Å². The molecule has 2 atom stereocenters. The highest BCUT2D eigenvalue weighted by Crippen LogP contribution is 2.36. The minimum absolute atomic E-state index is 0.0100. The topological polar surface area (TPSA) is 172 Å². The summed E-state index contributed by atoms with van der Waals surface area (Å²) in [4.78, 5) is 44.1. The van der Waals surface area contributed by atoms with E-state index in [0.29, 0.717) is 0 Å². The second-order valence-electron chi connectivity index (χ2n) is 8.12. The summed E-state index contributed by atoms with van der Waals surface area (Å²) in [7, 11) is -4.86. The van der Waals surface area contributed by atoms with E-state index in [0.717, 1.165) is 21.9 Å². The first-order valence-electron chi connectivity index (χ1n) is 10.9. The van der Waals surface area contributed by atoms with E-state index in [9.17, 15) is 28.0 Å². The van der Waals surface area contributed by atoms with Crippen molar-refractivity contribution in [2.24, 2.45) is 0 Å². The lowest BCUT2D eigenvalue weighted by molar-refractivity contribution is -0.141. The highest BCUT2D eigenvalue weighted by Gasteiger charge is 2.34. The van der Waals surface area contributed by atoms with Crippen molar-refractivity contribution < 1.29 is 56.3 Å². The van der Waals surface area contributed by atoms with Crippen LogP contribution in [-0.2, 0) is 18.6 Å². The molecule has 0 bridgehead atoms. The summed E-state index contributed by atoms with van der Waals surface area (Å²) in [6.45, 7) is -1.08.